The minimum Gasteiger partial charge on any atom is -0.355 e. The monoisotopic (exact) mass is 425 g/mol. The van der Waals surface area contributed by atoms with Crippen molar-refractivity contribution in [2.75, 3.05) is 31.6 Å². The predicted molar refractivity (Wildman–Crippen MR) is 100 cm³/mol. The van der Waals surface area contributed by atoms with Crippen LogP contribution in [0.5, 0.6) is 0 Å². The van der Waals surface area contributed by atoms with Crippen molar-refractivity contribution in [3.63, 3.8) is 0 Å². The lowest BCUT2D eigenvalue weighted by molar-refractivity contribution is -0.123. The van der Waals surface area contributed by atoms with E-state index in [9.17, 15) is 9.59 Å². The van der Waals surface area contributed by atoms with Crippen LogP contribution < -0.4 is 10.6 Å². The first-order chi connectivity index (χ1) is 9.97. The van der Waals surface area contributed by atoms with Crippen molar-refractivity contribution in [2.45, 2.75) is 52.5 Å². The summed E-state index contributed by atoms with van der Waals surface area (Å²) in [5.74, 6) is 0.147. The number of amides is 2. The zero-order valence-electron chi connectivity index (χ0n) is 14.9. The van der Waals surface area contributed by atoms with E-state index in [1.54, 1.807) is 0 Å². The molecule has 0 radical (unpaired) electrons. The minimum absolute atomic E-state index is 0.0589. The Labute approximate surface area is 149 Å². The van der Waals surface area contributed by atoms with Gasteiger partial charge in [-0.1, -0.05) is 42.9 Å². The van der Waals surface area contributed by atoms with E-state index in [1.165, 1.54) is 0 Å². The van der Waals surface area contributed by atoms with Crippen LogP contribution >= 0.6 is 22.6 Å². The molecule has 0 rings (SSSR count). The third kappa shape index (κ3) is 11.2. The van der Waals surface area contributed by atoms with Crippen molar-refractivity contribution < 1.29 is 9.59 Å². The van der Waals surface area contributed by atoms with Gasteiger partial charge in [0, 0.05) is 12.1 Å². The fourth-order valence-electron chi connectivity index (χ4n) is 2.25. The quantitative estimate of drug-likeness (QED) is 0.417. The van der Waals surface area contributed by atoms with E-state index >= 15 is 0 Å². The van der Waals surface area contributed by atoms with E-state index < -0.39 is 0 Å². The van der Waals surface area contributed by atoms with Crippen molar-refractivity contribution in [3.8, 4) is 0 Å². The first kappa shape index (κ1) is 21.6. The Balaban J connectivity index is 4.14. The Hall–Kier alpha value is -0.370. The van der Waals surface area contributed by atoms with Gasteiger partial charge in [-0.2, -0.15) is 0 Å². The highest BCUT2D eigenvalue weighted by Gasteiger charge is 2.23. The second-order valence-corrected chi connectivity index (χ2v) is 8.36. The third-order valence-electron chi connectivity index (χ3n) is 3.48. The van der Waals surface area contributed by atoms with Crippen LogP contribution in [0.25, 0.3) is 0 Å². The van der Waals surface area contributed by atoms with Crippen LogP contribution in [0.1, 0.15) is 47.0 Å². The van der Waals surface area contributed by atoms with Gasteiger partial charge in [-0.25, -0.2) is 0 Å². The minimum atomic E-state index is -0.200. The molecular weight excluding hydrogens is 393 g/mol. The van der Waals surface area contributed by atoms with Crippen molar-refractivity contribution in [1.29, 1.82) is 0 Å². The van der Waals surface area contributed by atoms with Gasteiger partial charge in [-0.3, -0.25) is 9.59 Å². The topological polar surface area (TPSA) is 61.4 Å². The van der Waals surface area contributed by atoms with Gasteiger partial charge in [0.25, 0.3) is 0 Å². The molecule has 0 saturated heterocycles. The van der Waals surface area contributed by atoms with Gasteiger partial charge < -0.3 is 15.5 Å². The number of rotatable bonds is 10. The summed E-state index contributed by atoms with van der Waals surface area (Å²) in [4.78, 5) is 25.0. The van der Waals surface area contributed by atoms with Gasteiger partial charge in [0.1, 0.15) is 0 Å². The molecule has 0 heterocycles. The summed E-state index contributed by atoms with van der Waals surface area (Å²) < 4.78 is 0.499. The van der Waals surface area contributed by atoms with Gasteiger partial charge in [-0.05, 0) is 46.2 Å². The summed E-state index contributed by atoms with van der Waals surface area (Å²) in [7, 11) is 3.78. The molecule has 0 aromatic heterocycles. The summed E-state index contributed by atoms with van der Waals surface area (Å²) in [6.45, 7) is 9.56. The molecule has 130 valence electrons. The van der Waals surface area contributed by atoms with E-state index in [4.69, 9.17) is 0 Å². The molecule has 5 nitrogen and oxygen atoms in total. The first-order valence-corrected chi connectivity index (χ1v) is 9.28. The maximum atomic E-state index is 11.8. The lowest BCUT2D eigenvalue weighted by Gasteiger charge is -2.30. The molecule has 0 aliphatic carbocycles. The van der Waals surface area contributed by atoms with Crippen LogP contribution in [0, 0.1) is 5.41 Å². The predicted octanol–water partition coefficient (Wildman–Crippen LogP) is 2.19. The van der Waals surface area contributed by atoms with E-state index in [2.05, 4.69) is 60.9 Å². The van der Waals surface area contributed by atoms with Crippen LogP contribution in [-0.2, 0) is 9.59 Å². The summed E-state index contributed by atoms with van der Waals surface area (Å²) in [6.07, 6.45) is 2.96. The average Bonchev–Trinajstić information content (AvgIpc) is 2.33. The van der Waals surface area contributed by atoms with Crippen molar-refractivity contribution in [3.05, 3.63) is 0 Å². The van der Waals surface area contributed by atoms with Crippen LogP contribution in [0.15, 0.2) is 0 Å². The van der Waals surface area contributed by atoms with Gasteiger partial charge >= 0.3 is 0 Å². The van der Waals surface area contributed by atoms with Gasteiger partial charge in [0.05, 0.1) is 11.0 Å². The number of hydrogen-bond donors (Lipinski definition) is 2. The molecule has 0 bridgehead atoms. The Morgan fingerprint density at radius 1 is 1.05 bits per heavy atom. The second-order valence-electron chi connectivity index (χ2n) is 7.60. The summed E-state index contributed by atoms with van der Waals surface area (Å²) in [5.41, 5.74) is -0.125. The molecule has 6 heteroatoms. The Morgan fingerprint density at radius 2 is 1.64 bits per heavy atom. The standard InChI is InChI=1S/C16H32IN3O2/c1-15(2,12-18-13(21)10-17)8-7-9-16(3,4)19-14(22)11-20(5)6/h7-12H2,1-6H3,(H,18,21)(H,19,22). The van der Waals surface area contributed by atoms with Crippen LogP contribution in [-0.4, -0.2) is 53.9 Å². The highest BCUT2D eigenvalue weighted by Crippen LogP contribution is 2.24. The number of halogens is 1. The summed E-state index contributed by atoms with van der Waals surface area (Å²) >= 11 is 2.07. The van der Waals surface area contributed by atoms with Crippen molar-refractivity contribution >= 4 is 34.4 Å². The number of likely N-dealkylation sites (N-methyl/N-ethyl adjacent to an activating group) is 1. The molecule has 0 saturated carbocycles. The molecule has 0 atom stereocenters. The molecule has 0 unspecified atom stereocenters. The number of hydrogen-bond acceptors (Lipinski definition) is 3. The van der Waals surface area contributed by atoms with Crippen LogP contribution in [0.4, 0.5) is 0 Å². The number of nitrogens with one attached hydrogen (secondary N) is 2. The Bertz CT molecular complexity index is 368. The maximum absolute atomic E-state index is 11.8. The highest BCUT2D eigenvalue weighted by atomic mass is 127. The molecule has 0 fully saturated rings. The Morgan fingerprint density at radius 3 is 2.14 bits per heavy atom. The normalized spacial score (nSPS) is 12.4. The fraction of sp³-hybridized carbons (Fsp3) is 0.875. The molecule has 2 amide bonds. The molecule has 0 aliphatic rings. The fourth-order valence-corrected chi connectivity index (χ4v) is 2.52. The molecule has 0 spiro atoms. The van der Waals surface area contributed by atoms with E-state index in [-0.39, 0.29) is 22.8 Å². The number of nitrogens with zero attached hydrogens (tertiary/aromatic N) is 1. The zero-order valence-corrected chi connectivity index (χ0v) is 17.0. The molecule has 2 N–H and O–H groups in total. The summed E-state index contributed by atoms with van der Waals surface area (Å²) in [6, 6.07) is 0. The van der Waals surface area contributed by atoms with E-state index in [1.807, 2.05) is 19.0 Å². The van der Waals surface area contributed by atoms with Gasteiger partial charge in [0.15, 0.2) is 0 Å². The lowest BCUT2D eigenvalue weighted by Crippen LogP contribution is -2.46. The zero-order chi connectivity index (χ0) is 17.4. The average molecular weight is 425 g/mol. The molecule has 22 heavy (non-hydrogen) atoms. The molecular formula is C16H32IN3O2. The lowest BCUT2D eigenvalue weighted by atomic mass is 9.84. The number of alkyl halides is 1. The van der Waals surface area contributed by atoms with Gasteiger partial charge in [-0.15, -0.1) is 0 Å². The number of carbonyl (C=O) groups is 2. The van der Waals surface area contributed by atoms with Crippen LogP contribution in [0.2, 0.25) is 0 Å². The molecule has 0 aromatic carbocycles. The van der Waals surface area contributed by atoms with E-state index in [0.29, 0.717) is 17.5 Å². The smallest absolute Gasteiger partial charge is 0.234 e. The van der Waals surface area contributed by atoms with E-state index in [0.717, 1.165) is 19.3 Å². The highest BCUT2D eigenvalue weighted by molar-refractivity contribution is 14.1. The second kappa shape index (κ2) is 9.70. The molecule has 0 aromatic rings. The first-order valence-electron chi connectivity index (χ1n) is 7.76. The van der Waals surface area contributed by atoms with Crippen LogP contribution in [0.3, 0.4) is 0 Å². The van der Waals surface area contributed by atoms with Gasteiger partial charge in [0.2, 0.25) is 11.8 Å². The Kier molecular flexibility index (Phi) is 9.54. The SMILES string of the molecule is CN(C)CC(=O)NC(C)(C)CCCC(C)(C)CNC(=O)CI. The third-order valence-corrected chi connectivity index (χ3v) is 4.17. The number of carbonyl (C=O) groups excluding carboxylic acids is 2. The largest absolute Gasteiger partial charge is 0.355 e. The maximum Gasteiger partial charge on any atom is 0.234 e. The van der Waals surface area contributed by atoms with Crippen molar-refractivity contribution in [1.82, 2.24) is 15.5 Å². The summed E-state index contributed by atoms with van der Waals surface area (Å²) in [5, 5.41) is 6.03. The molecule has 0 aliphatic heterocycles. The van der Waals surface area contributed by atoms with Crippen molar-refractivity contribution in [2.24, 2.45) is 5.41 Å².